The van der Waals surface area contributed by atoms with Gasteiger partial charge in [-0.05, 0) is 12.1 Å². The molecule has 0 spiro atoms. The first-order valence-corrected chi connectivity index (χ1v) is 6.57. The third kappa shape index (κ3) is 3.05. The van der Waals surface area contributed by atoms with E-state index >= 15 is 0 Å². The van der Waals surface area contributed by atoms with E-state index < -0.39 is 0 Å². The quantitative estimate of drug-likeness (QED) is 0.836. The molecule has 0 saturated carbocycles. The molecule has 1 aromatic heterocycles. The van der Waals surface area contributed by atoms with Crippen molar-refractivity contribution in [3.8, 4) is 12.1 Å². The topological polar surface area (TPSA) is 106 Å². The van der Waals surface area contributed by atoms with E-state index in [0.717, 1.165) is 5.69 Å². The second kappa shape index (κ2) is 6.91. The van der Waals surface area contributed by atoms with Gasteiger partial charge in [-0.1, -0.05) is 18.2 Å². The first kappa shape index (κ1) is 15.1. The van der Waals surface area contributed by atoms with Crippen molar-refractivity contribution in [3.63, 3.8) is 0 Å². The SMILES string of the molecule is CN(c1ccccc1)c1ncnc(N(CC#N)CC#N)c1N. The van der Waals surface area contributed by atoms with Crippen molar-refractivity contribution in [2.24, 2.45) is 0 Å². The maximum atomic E-state index is 8.88. The Morgan fingerprint density at radius 3 is 2.23 bits per heavy atom. The minimum atomic E-state index is 0.0310. The number of para-hydroxylation sites is 1. The minimum Gasteiger partial charge on any atom is -0.393 e. The van der Waals surface area contributed by atoms with Gasteiger partial charge in [0.05, 0.1) is 12.1 Å². The summed E-state index contributed by atoms with van der Waals surface area (Å²) >= 11 is 0. The van der Waals surface area contributed by atoms with Crippen LogP contribution in [0.25, 0.3) is 0 Å². The van der Waals surface area contributed by atoms with E-state index in [0.29, 0.717) is 17.3 Å². The Morgan fingerprint density at radius 2 is 1.64 bits per heavy atom. The molecule has 1 aromatic carbocycles. The molecule has 0 bridgehead atoms. The predicted molar refractivity (Wildman–Crippen MR) is 84.4 cm³/mol. The van der Waals surface area contributed by atoms with Crippen molar-refractivity contribution in [1.29, 1.82) is 10.5 Å². The van der Waals surface area contributed by atoms with Crippen LogP contribution in [0.4, 0.5) is 23.0 Å². The second-order valence-electron chi connectivity index (χ2n) is 4.50. The summed E-state index contributed by atoms with van der Waals surface area (Å²) in [5, 5.41) is 17.8. The van der Waals surface area contributed by atoms with Gasteiger partial charge >= 0.3 is 0 Å². The molecule has 0 saturated heterocycles. The molecule has 2 rings (SSSR count). The highest BCUT2D eigenvalue weighted by atomic mass is 15.2. The molecule has 110 valence electrons. The first-order chi connectivity index (χ1) is 10.7. The largest absolute Gasteiger partial charge is 0.393 e. The van der Waals surface area contributed by atoms with E-state index in [1.54, 1.807) is 0 Å². The molecule has 2 aromatic rings. The summed E-state index contributed by atoms with van der Waals surface area (Å²) in [4.78, 5) is 11.7. The molecular formula is C15H15N7. The monoisotopic (exact) mass is 293 g/mol. The summed E-state index contributed by atoms with van der Waals surface area (Å²) < 4.78 is 0. The van der Waals surface area contributed by atoms with Crippen molar-refractivity contribution in [3.05, 3.63) is 36.7 Å². The number of nitrogens with two attached hydrogens (primary N) is 1. The van der Waals surface area contributed by atoms with Crippen LogP contribution < -0.4 is 15.5 Å². The lowest BCUT2D eigenvalue weighted by atomic mass is 10.3. The summed E-state index contributed by atoms with van der Waals surface area (Å²) in [6.45, 7) is 0.0620. The zero-order chi connectivity index (χ0) is 15.9. The van der Waals surface area contributed by atoms with Gasteiger partial charge in [-0.25, -0.2) is 9.97 Å². The lowest BCUT2D eigenvalue weighted by Gasteiger charge is -2.24. The average molecular weight is 293 g/mol. The standard InChI is InChI=1S/C15H15N7/c1-21(12-5-3-2-4-6-12)14-13(18)15(20-11-19-14)22(9-7-16)10-8-17/h2-6,11H,9-10,18H2,1H3. The number of hydrogen-bond donors (Lipinski definition) is 1. The molecule has 22 heavy (non-hydrogen) atoms. The highest BCUT2D eigenvalue weighted by molar-refractivity contribution is 5.79. The Kier molecular flexibility index (Phi) is 4.74. The molecule has 7 nitrogen and oxygen atoms in total. The molecule has 0 aliphatic heterocycles. The lowest BCUT2D eigenvalue weighted by Crippen LogP contribution is -2.27. The molecule has 2 N–H and O–H groups in total. The van der Waals surface area contributed by atoms with Gasteiger partial charge in [-0.15, -0.1) is 0 Å². The zero-order valence-electron chi connectivity index (χ0n) is 12.1. The van der Waals surface area contributed by atoms with Crippen LogP contribution in [0, 0.1) is 22.7 Å². The third-order valence-electron chi connectivity index (χ3n) is 3.13. The van der Waals surface area contributed by atoms with Crippen molar-refractivity contribution >= 4 is 23.0 Å². The number of aromatic nitrogens is 2. The number of benzene rings is 1. The number of anilines is 4. The van der Waals surface area contributed by atoms with Gasteiger partial charge in [0.2, 0.25) is 0 Å². The van der Waals surface area contributed by atoms with Crippen LogP contribution in [0.3, 0.4) is 0 Å². The predicted octanol–water partition coefficient (Wildman–Crippen LogP) is 1.68. The molecule has 0 radical (unpaired) electrons. The molecule has 7 heteroatoms. The van der Waals surface area contributed by atoms with E-state index in [1.165, 1.54) is 11.2 Å². The second-order valence-corrected chi connectivity index (χ2v) is 4.50. The summed E-state index contributed by atoms with van der Waals surface area (Å²) in [6.07, 6.45) is 1.38. The van der Waals surface area contributed by atoms with Crippen LogP contribution in [0.2, 0.25) is 0 Å². The highest BCUT2D eigenvalue weighted by Crippen LogP contribution is 2.31. The van der Waals surface area contributed by atoms with Crippen LogP contribution in [-0.4, -0.2) is 30.1 Å². The van der Waals surface area contributed by atoms with Crippen molar-refractivity contribution in [2.75, 3.05) is 35.7 Å². The van der Waals surface area contributed by atoms with Gasteiger partial charge in [0.25, 0.3) is 0 Å². The van der Waals surface area contributed by atoms with Crippen molar-refractivity contribution in [1.82, 2.24) is 9.97 Å². The van der Waals surface area contributed by atoms with Gasteiger partial charge in [0, 0.05) is 12.7 Å². The molecule has 0 unspecified atom stereocenters. The first-order valence-electron chi connectivity index (χ1n) is 6.57. The molecular weight excluding hydrogens is 278 g/mol. The van der Waals surface area contributed by atoms with Crippen LogP contribution in [0.15, 0.2) is 36.7 Å². The van der Waals surface area contributed by atoms with Crippen molar-refractivity contribution < 1.29 is 0 Å². The lowest BCUT2D eigenvalue weighted by molar-refractivity contribution is 0.925. The third-order valence-corrected chi connectivity index (χ3v) is 3.13. The maximum Gasteiger partial charge on any atom is 0.161 e. The van der Waals surface area contributed by atoms with Gasteiger partial charge in [0.15, 0.2) is 11.6 Å². The fourth-order valence-electron chi connectivity index (χ4n) is 2.05. The van der Waals surface area contributed by atoms with Crippen LogP contribution >= 0.6 is 0 Å². The molecule has 0 amide bonds. The van der Waals surface area contributed by atoms with E-state index in [4.69, 9.17) is 16.3 Å². The average Bonchev–Trinajstić information content (AvgIpc) is 2.55. The van der Waals surface area contributed by atoms with E-state index in [-0.39, 0.29) is 13.1 Å². The number of nitriles is 2. The fraction of sp³-hybridized carbons (Fsp3) is 0.200. The van der Waals surface area contributed by atoms with Crippen LogP contribution in [0.5, 0.6) is 0 Å². The Labute approximate surface area is 128 Å². The maximum absolute atomic E-state index is 8.88. The minimum absolute atomic E-state index is 0.0310. The van der Waals surface area contributed by atoms with Crippen molar-refractivity contribution in [2.45, 2.75) is 0 Å². The summed E-state index contributed by atoms with van der Waals surface area (Å²) in [5.74, 6) is 0.910. The number of hydrogen-bond acceptors (Lipinski definition) is 7. The fourth-order valence-corrected chi connectivity index (χ4v) is 2.05. The normalized spacial score (nSPS) is 9.59. The summed E-state index contributed by atoms with van der Waals surface area (Å²) in [7, 11) is 1.84. The number of rotatable bonds is 5. The summed E-state index contributed by atoms with van der Waals surface area (Å²) in [5.41, 5.74) is 7.41. The number of nitrogen functional groups attached to an aromatic ring is 1. The Bertz CT molecular complexity index is 699. The Morgan fingerprint density at radius 1 is 1.05 bits per heavy atom. The molecule has 0 aliphatic rings. The van der Waals surface area contributed by atoms with E-state index in [9.17, 15) is 0 Å². The molecule has 0 aliphatic carbocycles. The number of nitrogens with zero attached hydrogens (tertiary/aromatic N) is 6. The summed E-state index contributed by atoms with van der Waals surface area (Å²) in [6, 6.07) is 13.6. The molecule has 0 fully saturated rings. The molecule has 1 heterocycles. The highest BCUT2D eigenvalue weighted by Gasteiger charge is 2.17. The molecule has 0 atom stereocenters. The zero-order valence-corrected chi connectivity index (χ0v) is 12.1. The van der Waals surface area contributed by atoms with Gasteiger partial charge in [0.1, 0.15) is 25.1 Å². The van der Waals surface area contributed by atoms with Gasteiger partial charge in [-0.3, -0.25) is 0 Å². The van der Waals surface area contributed by atoms with Gasteiger partial charge in [-0.2, -0.15) is 10.5 Å². The Hall–Kier alpha value is -3.32. The smallest absolute Gasteiger partial charge is 0.161 e. The van der Waals surface area contributed by atoms with Gasteiger partial charge < -0.3 is 15.5 Å². The van der Waals surface area contributed by atoms with Crippen LogP contribution in [-0.2, 0) is 0 Å². The van der Waals surface area contributed by atoms with Crippen LogP contribution in [0.1, 0.15) is 0 Å². The van der Waals surface area contributed by atoms with E-state index in [1.807, 2.05) is 54.4 Å². The Balaban J connectivity index is 2.41. The van der Waals surface area contributed by atoms with E-state index in [2.05, 4.69) is 9.97 Å².